The second-order valence-electron chi connectivity index (χ2n) is 2.40. The topological polar surface area (TPSA) is 12.0 Å². The summed E-state index contributed by atoms with van der Waals surface area (Å²) < 4.78 is 0. The van der Waals surface area contributed by atoms with E-state index in [0.717, 1.165) is 6.17 Å². The van der Waals surface area contributed by atoms with Gasteiger partial charge in [-0.15, -0.1) is 22.9 Å². The number of hydrogen-bond donors (Lipinski definition) is 1. The van der Waals surface area contributed by atoms with E-state index in [9.17, 15) is 0 Å². The van der Waals surface area contributed by atoms with Gasteiger partial charge in [-0.05, 0) is 6.17 Å². The van der Waals surface area contributed by atoms with E-state index in [1.54, 1.807) is 0 Å². The van der Waals surface area contributed by atoms with Crippen LogP contribution >= 0.6 is 34.0 Å². The van der Waals surface area contributed by atoms with Crippen molar-refractivity contribution in [1.82, 2.24) is 5.23 Å². The molecule has 0 amide bonds. The highest BCUT2D eigenvalue weighted by molar-refractivity contribution is 7.33. The normalized spacial score (nSPS) is 11.7. The van der Waals surface area contributed by atoms with Gasteiger partial charge in [0.25, 0.3) is 0 Å². The molecule has 0 aliphatic heterocycles. The van der Waals surface area contributed by atoms with Crippen LogP contribution in [0.5, 0.6) is 0 Å². The third kappa shape index (κ3) is 9.11. The van der Waals surface area contributed by atoms with Gasteiger partial charge in [-0.1, -0.05) is 13.1 Å². The molecule has 0 unspecified atom stereocenters. The van der Waals surface area contributed by atoms with Gasteiger partial charge in [0, 0.05) is 0 Å². The van der Waals surface area contributed by atoms with Crippen molar-refractivity contribution in [3.63, 3.8) is 0 Å². The summed E-state index contributed by atoms with van der Waals surface area (Å²) in [6.07, 6.45) is 0.742. The molecule has 0 aliphatic carbocycles. The first-order valence-corrected chi connectivity index (χ1v) is 7.71. The highest BCUT2D eigenvalue weighted by Gasteiger charge is 2.18. The molecule has 1 nitrogen and oxygen atoms in total. The Morgan fingerprint density at radius 1 is 1.44 bits per heavy atom. The lowest BCUT2D eigenvalue weighted by Gasteiger charge is -2.12. The van der Waals surface area contributed by atoms with Crippen LogP contribution in [-0.2, 0) is 0 Å². The van der Waals surface area contributed by atoms with Crippen molar-refractivity contribution < 1.29 is 0 Å². The third-order valence-electron chi connectivity index (χ3n) is 0.677. The fraction of sp³-hybridized carbons (Fsp3) is 1.00. The van der Waals surface area contributed by atoms with Crippen LogP contribution in [0.4, 0.5) is 0 Å². The predicted molar refractivity (Wildman–Crippen MR) is 48.8 cm³/mol. The summed E-state index contributed by atoms with van der Waals surface area (Å²) >= 11 is 16.7. The Labute approximate surface area is 71.7 Å². The summed E-state index contributed by atoms with van der Waals surface area (Å²) in [6, 6.07) is 0. The second kappa shape index (κ2) is 4.09. The molecule has 0 aliphatic rings. The van der Waals surface area contributed by atoms with E-state index in [0.29, 0.717) is 0 Å². The summed E-state index contributed by atoms with van der Waals surface area (Å²) in [4.78, 5) is 0. The van der Waals surface area contributed by atoms with Crippen molar-refractivity contribution in [3.8, 4) is 0 Å². The molecule has 0 saturated heterocycles. The Hall–Kier alpha value is 1.11. The molecule has 1 N–H and O–H groups in total. The van der Waals surface area contributed by atoms with Crippen LogP contribution in [0, 0.1) is 0 Å². The highest BCUT2D eigenvalue weighted by atomic mass is 35.6. The summed E-state index contributed by atoms with van der Waals surface area (Å²) in [5.74, 6) is 0. The van der Waals surface area contributed by atoms with Crippen molar-refractivity contribution in [2.45, 2.75) is 13.1 Å². The van der Waals surface area contributed by atoms with Gasteiger partial charge in [-0.3, -0.25) is 0 Å². The van der Waals surface area contributed by atoms with Crippen LogP contribution in [0.15, 0.2) is 0 Å². The maximum atomic E-state index is 5.94. The van der Waals surface area contributed by atoms with Crippen molar-refractivity contribution >= 4 is 47.1 Å². The molecule has 0 heterocycles. The van der Waals surface area contributed by atoms with Crippen LogP contribution < -0.4 is 5.23 Å². The van der Waals surface area contributed by atoms with E-state index in [-0.39, 0.29) is 0 Å². The molecule has 0 spiro atoms. The van der Waals surface area contributed by atoms with Crippen LogP contribution in [0.2, 0.25) is 13.1 Å². The number of rotatable bonds is 3. The Morgan fingerprint density at radius 3 is 2.00 bits per heavy atom. The van der Waals surface area contributed by atoms with E-state index in [2.05, 4.69) is 5.23 Å². The molecule has 0 aromatic rings. The van der Waals surface area contributed by atoms with E-state index in [1.165, 1.54) is 0 Å². The van der Waals surface area contributed by atoms with Crippen molar-refractivity contribution in [3.05, 3.63) is 0 Å². The van der Waals surface area contributed by atoms with E-state index >= 15 is 0 Å². The fourth-order valence-electron chi connectivity index (χ4n) is 0.320. The maximum absolute atomic E-state index is 5.94. The molecule has 0 radical (unpaired) electrons. The van der Waals surface area contributed by atoms with Crippen molar-refractivity contribution in [2.24, 2.45) is 0 Å². The van der Waals surface area contributed by atoms with Gasteiger partial charge in [-0.25, -0.2) is 0 Å². The fourth-order valence-corrected chi connectivity index (χ4v) is 1.65. The predicted octanol–water partition coefficient (Wildman–Crippen LogP) is 2.02. The average molecular weight is 204 g/mol. The zero-order chi connectivity index (χ0) is 7.49. The quantitative estimate of drug-likeness (QED) is 0.548. The van der Waals surface area contributed by atoms with E-state index in [4.69, 9.17) is 34.0 Å². The summed E-state index contributed by atoms with van der Waals surface area (Å²) in [5, 5.41) is 2.85. The number of nitrogens with one attached hydrogen (secondary N) is 1. The molecule has 0 saturated carbocycles. The minimum Gasteiger partial charge on any atom is -0.330 e. The first kappa shape index (κ1) is 10.1. The molecular weight excluding hydrogens is 195 g/mol. The van der Waals surface area contributed by atoms with Crippen LogP contribution in [-0.4, -0.2) is 19.2 Å². The van der Waals surface area contributed by atoms with Gasteiger partial charge in [0.05, 0.1) is 0 Å². The lowest BCUT2D eigenvalue weighted by Crippen LogP contribution is -2.38. The van der Waals surface area contributed by atoms with E-state index < -0.39 is 13.1 Å². The molecule has 0 fully saturated rings. The summed E-state index contributed by atoms with van der Waals surface area (Å²) in [5.41, 5.74) is -0.490. The minimum absolute atomic E-state index is 0.490. The molecule has 6 heteroatoms. The van der Waals surface area contributed by atoms with Gasteiger partial charge in [0.2, 0.25) is 0 Å². The Bertz CT molecular complexity index is 83.6. The van der Waals surface area contributed by atoms with Gasteiger partial charge in [-0.2, -0.15) is 11.1 Å². The van der Waals surface area contributed by atoms with Crippen LogP contribution in [0.25, 0.3) is 0 Å². The van der Waals surface area contributed by atoms with Crippen molar-refractivity contribution in [1.29, 1.82) is 0 Å². The second-order valence-corrected chi connectivity index (χ2v) is 10.4. The smallest absolute Gasteiger partial charge is 0.330 e. The Kier molecular flexibility index (Phi) is 4.59. The molecule has 0 atom stereocenters. The zero-order valence-electron chi connectivity index (χ0n) is 5.42. The van der Waals surface area contributed by atoms with Gasteiger partial charge in [0.1, 0.15) is 0 Å². The number of halogens is 3. The van der Waals surface area contributed by atoms with Crippen molar-refractivity contribution in [2.75, 3.05) is 6.17 Å². The summed E-state index contributed by atoms with van der Waals surface area (Å²) in [7, 11) is -1.53. The highest BCUT2D eigenvalue weighted by Crippen LogP contribution is 2.05. The zero-order valence-corrected chi connectivity index (χ0v) is 8.69. The van der Waals surface area contributed by atoms with Gasteiger partial charge < -0.3 is 5.23 Å². The maximum Gasteiger partial charge on any atom is 0.431 e. The third-order valence-corrected chi connectivity index (χ3v) is 2.43. The molecular formula is C3H9BCl3NSi. The molecule has 0 aromatic heterocycles. The first-order valence-electron chi connectivity index (χ1n) is 2.62. The monoisotopic (exact) mass is 203 g/mol. The molecule has 9 heavy (non-hydrogen) atoms. The lowest BCUT2D eigenvalue weighted by atomic mass is 10.4. The average Bonchev–Trinajstić information content (AvgIpc) is 1.59. The van der Waals surface area contributed by atoms with Crippen LogP contribution in [0.1, 0.15) is 0 Å². The molecule has 0 rings (SSSR count). The first-order chi connectivity index (χ1) is 3.92. The standard InChI is InChI=1S/C3H9BCl3NSi/c1-9(2,7)3-8-4(5)6/h8H,3H2,1-2H3. The Balaban J connectivity index is 3.28. The summed E-state index contributed by atoms with van der Waals surface area (Å²) in [6.45, 7) is 4.05. The van der Waals surface area contributed by atoms with Gasteiger partial charge in [0.15, 0.2) is 7.38 Å². The number of hydrogen-bond acceptors (Lipinski definition) is 1. The minimum atomic E-state index is -1.53. The van der Waals surface area contributed by atoms with Crippen LogP contribution in [0.3, 0.4) is 0 Å². The molecule has 0 bridgehead atoms. The Morgan fingerprint density at radius 2 is 1.89 bits per heavy atom. The lowest BCUT2D eigenvalue weighted by molar-refractivity contribution is 1.15. The van der Waals surface area contributed by atoms with Gasteiger partial charge >= 0.3 is 5.68 Å². The van der Waals surface area contributed by atoms with E-state index in [1.807, 2.05) is 13.1 Å². The SMILES string of the molecule is C[Si](C)(Cl)CNB(Cl)Cl. The largest absolute Gasteiger partial charge is 0.431 e. The molecule has 54 valence electrons. The molecule has 0 aromatic carbocycles.